The maximum Gasteiger partial charge on any atom is 0.260 e. The Bertz CT molecular complexity index is 673. The summed E-state index contributed by atoms with van der Waals surface area (Å²) in [7, 11) is 0. The first kappa shape index (κ1) is 17.3. The van der Waals surface area contributed by atoms with E-state index in [1.54, 1.807) is 37.3 Å². The fourth-order valence-electron chi connectivity index (χ4n) is 2.07. The summed E-state index contributed by atoms with van der Waals surface area (Å²) in [5.74, 6) is 0.144. The molecule has 1 amide bonds. The Morgan fingerprint density at radius 3 is 2.61 bits per heavy atom. The molecule has 0 aliphatic heterocycles. The van der Waals surface area contributed by atoms with Crippen molar-refractivity contribution < 1.29 is 13.9 Å². The number of benzene rings is 2. The second-order valence-electron chi connectivity index (χ2n) is 5.34. The van der Waals surface area contributed by atoms with Crippen LogP contribution in [0, 0.1) is 12.7 Å². The maximum atomic E-state index is 12.8. The van der Waals surface area contributed by atoms with Gasteiger partial charge in [0.15, 0.2) is 6.10 Å². The van der Waals surface area contributed by atoms with E-state index in [9.17, 15) is 9.18 Å². The molecule has 1 N–H and O–H groups in total. The lowest BCUT2D eigenvalue weighted by Gasteiger charge is -2.15. The van der Waals surface area contributed by atoms with E-state index >= 15 is 0 Å². The number of amides is 1. The van der Waals surface area contributed by atoms with Gasteiger partial charge in [-0.2, -0.15) is 0 Å². The van der Waals surface area contributed by atoms with E-state index in [-0.39, 0.29) is 11.7 Å². The van der Waals surface area contributed by atoms with Gasteiger partial charge < -0.3 is 10.1 Å². The van der Waals surface area contributed by atoms with E-state index in [1.165, 1.54) is 12.1 Å². The van der Waals surface area contributed by atoms with E-state index in [1.807, 2.05) is 6.92 Å². The van der Waals surface area contributed by atoms with E-state index in [0.717, 1.165) is 11.1 Å². The SMILES string of the molecule is Cc1cc(OC(C)C(=O)NCCc2ccc(F)cc2)ccc1Cl. The zero-order valence-electron chi connectivity index (χ0n) is 13.1. The number of carbonyl (C=O) groups is 1. The minimum absolute atomic E-state index is 0.195. The zero-order chi connectivity index (χ0) is 16.8. The monoisotopic (exact) mass is 335 g/mol. The Morgan fingerprint density at radius 2 is 1.96 bits per heavy atom. The Labute approximate surface area is 140 Å². The molecular weight excluding hydrogens is 317 g/mol. The van der Waals surface area contributed by atoms with E-state index in [2.05, 4.69) is 5.32 Å². The van der Waals surface area contributed by atoms with Crippen molar-refractivity contribution in [1.82, 2.24) is 5.32 Å². The van der Waals surface area contributed by atoms with Crippen LogP contribution in [0.2, 0.25) is 5.02 Å². The molecule has 0 bridgehead atoms. The summed E-state index contributed by atoms with van der Waals surface area (Å²) in [5.41, 5.74) is 1.86. The molecule has 0 radical (unpaired) electrons. The van der Waals surface area contributed by atoms with E-state index < -0.39 is 6.10 Å². The van der Waals surface area contributed by atoms with Crippen LogP contribution in [0.25, 0.3) is 0 Å². The van der Waals surface area contributed by atoms with Gasteiger partial charge in [-0.1, -0.05) is 23.7 Å². The molecule has 1 atom stereocenters. The van der Waals surface area contributed by atoms with Gasteiger partial charge in [-0.3, -0.25) is 4.79 Å². The molecule has 0 aliphatic carbocycles. The lowest BCUT2D eigenvalue weighted by molar-refractivity contribution is -0.127. The lowest BCUT2D eigenvalue weighted by Crippen LogP contribution is -2.37. The van der Waals surface area contributed by atoms with Gasteiger partial charge in [-0.25, -0.2) is 4.39 Å². The standard InChI is InChI=1S/C18H19ClFNO2/c1-12-11-16(7-8-17(12)19)23-13(2)18(22)21-10-9-14-3-5-15(20)6-4-14/h3-8,11,13H,9-10H2,1-2H3,(H,21,22). The third-order valence-electron chi connectivity index (χ3n) is 3.44. The summed E-state index contributed by atoms with van der Waals surface area (Å²) >= 11 is 5.96. The second-order valence-corrected chi connectivity index (χ2v) is 5.75. The first-order chi connectivity index (χ1) is 11.0. The fourth-order valence-corrected chi connectivity index (χ4v) is 2.19. The summed E-state index contributed by atoms with van der Waals surface area (Å²) in [6.45, 7) is 4.04. The van der Waals surface area contributed by atoms with Gasteiger partial charge in [0.25, 0.3) is 5.91 Å². The fraction of sp³-hybridized carbons (Fsp3) is 0.278. The number of ether oxygens (including phenoxy) is 1. The van der Waals surface area contributed by atoms with Crippen molar-refractivity contribution in [1.29, 1.82) is 0 Å². The molecule has 0 saturated carbocycles. The van der Waals surface area contributed by atoms with Gasteiger partial charge in [0, 0.05) is 11.6 Å². The predicted octanol–water partition coefficient (Wildman–Crippen LogP) is 3.91. The number of carbonyl (C=O) groups excluding carboxylic acids is 1. The van der Waals surface area contributed by atoms with Gasteiger partial charge in [0.1, 0.15) is 11.6 Å². The van der Waals surface area contributed by atoms with Crippen LogP contribution in [-0.4, -0.2) is 18.6 Å². The molecule has 0 aliphatic rings. The number of aryl methyl sites for hydroxylation is 1. The molecule has 3 nitrogen and oxygen atoms in total. The predicted molar refractivity (Wildman–Crippen MR) is 89.4 cm³/mol. The van der Waals surface area contributed by atoms with Crippen LogP contribution in [0.5, 0.6) is 5.75 Å². The molecule has 23 heavy (non-hydrogen) atoms. The smallest absolute Gasteiger partial charge is 0.260 e. The van der Waals surface area contributed by atoms with Crippen LogP contribution in [0.1, 0.15) is 18.1 Å². The van der Waals surface area contributed by atoms with Crippen molar-refractivity contribution >= 4 is 17.5 Å². The summed E-state index contributed by atoms with van der Waals surface area (Å²) < 4.78 is 18.4. The number of hydrogen-bond acceptors (Lipinski definition) is 2. The van der Waals surface area contributed by atoms with Gasteiger partial charge in [0.05, 0.1) is 0 Å². The highest BCUT2D eigenvalue weighted by Gasteiger charge is 2.14. The minimum Gasteiger partial charge on any atom is -0.481 e. The average molecular weight is 336 g/mol. The highest BCUT2D eigenvalue weighted by Crippen LogP contribution is 2.21. The number of rotatable bonds is 6. The molecule has 2 aromatic rings. The Hall–Kier alpha value is -2.07. The van der Waals surface area contributed by atoms with Crippen LogP contribution in [0.4, 0.5) is 4.39 Å². The molecular formula is C18H19ClFNO2. The average Bonchev–Trinajstić information content (AvgIpc) is 2.52. The molecule has 5 heteroatoms. The van der Waals surface area contributed by atoms with Gasteiger partial charge in [-0.05, 0) is 61.7 Å². The molecule has 0 heterocycles. The quantitative estimate of drug-likeness (QED) is 0.869. The molecule has 0 fully saturated rings. The molecule has 1 unspecified atom stereocenters. The largest absolute Gasteiger partial charge is 0.481 e. The Balaban J connectivity index is 1.80. The Kier molecular flexibility index (Phi) is 5.99. The highest BCUT2D eigenvalue weighted by molar-refractivity contribution is 6.31. The third kappa shape index (κ3) is 5.25. The van der Waals surface area contributed by atoms with Crippen molar-refractivity contribution in [2.75, 3.05) is 6.54 Å². The van der Waals surface area contributed by atoms with Crippen LogP contribution in [0.15, 0.2) is 42.5 Å². The molecule has 2 aromatic carbocycles. The van der Waals surface area contributed by atoms with Crippen molar-refractivity contribution in [3.63, 3.8) is 0 Å². The van der Waals surface area contributed by atoms with Crippen molar-refractivity contribution in [3.8, 4) is 5.75 Å². The topological polar surface area (TPSA) is 38.3 Å². The van der Waals surface area contributed by atoms with Gasteiger partial charge in [-0.15, -0.1) is 0 Å². The number of halogens is 2. The number of nitrogens with one attached hydrogen (secondary N) is 1. The third-order valence-corrected chi connectivity index (χ3v) is 3.86. The summed E-state index contributed by atoms with van der Waals surface area (Å²) in [6.07, 6.45) is 0.0301. The highest BCUT2D eigenvalue weighted by atomic mass is 35.5. The van der Waals surface area contributed by atoms with Crippen molar-refractivity contribution in [2.45, 2.75) is 26.4 Å². The first-order valence-corrected chi connectivity index (χ1v) is 7.78. The first-order valence-electron chi connectivity index (χ1n) is 7.40. The summed E-state index contributed by atoms with van der Waals surface area (Å²) in [4.78, 5) is 12.0. The number of hydrogen-bond donors (Lipinski definition) is 1. The van der Waals surface area contributed by atoms with Gasteiger partial charge >= 0.3 is 0 Å². The zero-order valence-corrected chi connectivity index (χ0v) is 13.9. The van der Waals surface area contributed by atoms with Crippen LogP contribution < -0.4 is 10.1 Å². The van der Waals surface area contributed by atoms with Crippen LogP contribution >= 0.6 is 11.6 Å². The second kappa shape index (κ2) is 7.97. The molecule has 0 spiro atoms. The Morgan fingerprint density at radius 1 is 1.26 bits per heavy atom. The molecule has 2 rings (SSSR count). The van der Waals surface area contributed by atoms with E-state index in [4.69, 9.17) is 16.3 Å². The summed E-state index contributed by atoms with van der Waals surface area (Å²) in [5, 5.41) is 3.47. The van der Waals surface area contributed by atoms with Crippen molar-refractivity contribution in [2.24, 2.45) is 0 Å². The minimum atomic E-state index is -0.608. The van der Waals surface area contributed by atoms with Gasteiger partial charge in [0.2, 0.25) is 0 Å². The summed E-state index contributed by atoms with van der Waals surface area (Å²) in [6, 6.07) is 11.5. The van der Waals surface area contributed by atoms with Crippen LogP contribution in [0.3, 0.4) is 0 Å². The molecule has 0 saturated heterocycles. The van der Waals surface area contributed by atoms with Crippen LogP contribution in [-0.2, 0) is 11.2 Å². The maximum absolute atomic E-state index is 12.8. The normalized spacial score (nSPS) is 11.8. The van der Waals surface area contributed by atoms with E-state index in [0.29, 0.717) is 23.7 Å². The molecule has 0 aromatic heterocycles. The van der Waals surface area contributed by atoms with Crippen molar-refractivity contribution in [3.05, 3.63) is 64.4 Å². The lowest BCUT2D eigenvalue weighted by atomic mass is 10.1. The molecule has 122 valence electrons.